The molecule has 2 rings (SSSR count). The van der Waals surface area contributed by atoms with Gasteiger partial charge in [-0.05, 0) is 31.9 Å². The maximum Gasteiger partial charge on any atom is 0.251 e. The minimum absolute atomic E-state index is 0.124. The molecule has 1 aromatic carbocycles. The van der Waals surface area contributed by atoms with Gasteiger partial charge in [0.1, 0.15) is 0 Å². The van der Waals surface area contributed by atoms with Crippen LogP contribution in [0.3, 0.4) is 0 Å². The molecule has 0 radical (unpaired) electrons. The Morgan fingerprint density at radius 3 is 2.57 bits per heavy atom. The lowest BCUT2D eigenvalue weighted by Crippen LogP contribution is -2.16. The van der Waals surface area contributed by atoms with Gasteiger partial charge < -0.3 is 10.3 Å². The molecule has 2 aromatic rings. The molecule has 0 fully saturated rings. The largest absolute Gasteiger partial charge is 0.325 e. The highest BCUT2D eigenvalue weighted by Gasteiger charge is 2.09. The SMILES string of the molecule is Cc1cc(C)c(NC(=O)CSc2nccc(=O)[nH]2)c(C)c1. The summed E-state index contributed by atoms with van der Waals surface area (Å²) in [4.78, 5) is 29.7. The molecule has 1 amide bonds. The van der Waals surface area contributed by atoms with Crippen LogP contribution in [0, 0.1) is 20.8 Å². The van der Waals surface area contributed by atoms with Gasteiger partial charge >= 0.3 is 0 Å². The maximum atomic E-state index is 12.0. The fraction of sp³-hybridized carbons (Fsp3) is 0.267. The summed E-state index contributed by atoms with van der Waals surface area (Å²) in [6.45, 7) is 5.97. The summed E-state index contributed by atoms with van der Waals surface area (Å²) in [6, 6.07) is 5.40. The molecule has 0 saturated carbocycles. The van der Waals surface area contributed by atoms with Crippen LogP contribution in [0.5, 0.6) is 0 Å². The quantitative estimate of drug-likeness (QED) is 0.672. The van der Waals surface area contributed by atoms with Gasteiger partial charge in [0.25, 0.3) is 5.56 Å². The third-order valence-corrected chi connectivity index (χ3v) is 3.82. The van der Waals surface area contributed by atoms with Gasteiger partial charge in [0.05, 0.1) is 5.75 Å². The maximum absolute atomic E-state index is 12.0. The van der Waals surface area contributed by atoms with Crippen molar-refractivity contribution in [1.29, 1.82) is 0 Å². The number of amides is 1. The predicted molar refractivity (Wildman–Crippen MR) is 84.9 cm³/mol. The van der Waals surface area contributed by atoms with Gasteiger partial charge in [0.2, 0.25) is 5.91 Å². The number of thioether (sulfide) groups is 1. The summed E-state index contributed by atoms with van der Waals surface area (Å²) >= 11 is 1.20. The standard InChI is InChI=1S/C15H17N3O2S/c1-9-6-10(2)14(11(3)7-9)17-13(20)8-21-15-16-5-4-12(19)18-15/h4-7H,8H2,1-3H3,(H,17,20)(H,16,18,19). The Bertz CT molecular complexity index is 702. The van der Waals surface area contributed by atoms with Gasteiger partial charge in [-0.1, -0.05) is 29.5 Å². The van der Waals surface area contributed by atoms with Crippen molar-refractivity contribution in [3.05, 3.63) is 51.4 Å². The lowest BCUT2D eigenvalue weighted by Gasteiger charge is -2.12. The molecule has 21 heavy (non-hydrogen) atoms. The smallest absolute Gasteiger partial charge is 0.251 e. The van der Waals surface area contributed by atoms with Crippen molar-refractivity contribution < 1.29 is 4.79 Å². The predicted octanol–water partition coefficient (Wildman–Crippen LogP) is 2.43. The van der Waals surface area contributed by atoms with E-state index < -0.39 is 0 Å². The van der Waals surface area contributed by atoms with Gasteiger partial charge in [-0.25, -0.2) is 4.98 Å². The van der Waals surface area contributed by atoms with Crippen LogP contribution >= 0.6 is 11.8 Å². The fourth-order valence-electron chi connectivity index (χ4n) is 2.11. The molecule has 0 atom stereocenters. The number of carbonyl (C=O) groups is 1. The van der Waals surface area contributed by atoms with Crippen LogP contribution in [0.4, 0.5) is 5.69 Å². The van der Waals surface area contributed by atoms with Crippen LogP contribution in [-0.2, 0) is 4.79 Å². The van der Waals surface area contributed by atoms with Crippen LogP contribution in [-0.4, -0.2) is 21.6 Å². The van der Waals surface area contributed by atoms with E-state index in [1.807, 2.05) is 32.9 Å². The molecule has 0 unspecified atom stereocenters. The summed E-state index contributed by atoms with van der Waals surface area (Å²) in [7, 11) is 0. The van der Waals surface area contributed by atoms with Crippen molar-refractivity contribution in [2.45, 2.75) is 25.9 Å². The van der Waals surface area contributed by atoms with Crippen molar-refractivity contribution in [2.24, 2.45) is 0 Å². The molecule has 2 N–H and O–H groups in total. The number of aryl methyl sites for hydroxylation is 3. The lowest BCUT2D eigenvalue weighted by molar-refractivity contribution is -0.113. The Hall–Kier alpha value is -2.08. The third-order valence-electron chi connectivity index (χ3n) is 2.93. The Balaban J connectivity index is 2.01. The molecule has 0 aliphatic heterocycles. The first-order chi connectivity index (χ1) is 9.95. The lowest BCUT2D eigenvalue weighted by atomic mass is 10.1. The molecule has 5 nitrogen and oxygen atoms in total. The van der Waals surface area contributed by atoms with E-state index in [1.54, 1.807) is 0 Å². The molecule has 1 heterocycles. The minimum atomic E-state index is -0.224. The van der Waals surface area contributed by atoms with Crippen LogP contribution in [0.15, 0.2) is 34.3 Å². The Morgan fingerprint density at radius 1 is 1.29 bits per heavy atom. The van der Waals surface area contributed by atoms with Crippen molar-refractivity contribution in [2.75, 3.05) is 11.1 Å². The summed E-state index contributed by atoms with van der Waals surface area (Å²) in [6.07, 6.45) is 1.42. The summed E-state index contributed by atoms with van der Waals surface area (Å²) in [5.74, 6) is 0.0706. The Kier molecular flexibility index (Phi) is 4.80. The number of anilines is 1. The van der Waals surface area contributed by atoms with E-state index in [0.717, 1.165) is 16.8 Å². The number of nitrogens with zero attached hydrogens (tertiary/aromatic N) is 1. The van der Waals surface area contributed by atoms with Crippen molar-refractivity contribution in [3.8, 4) is 0 Å². The molecular weight excluding hydrogens is 286 g/mol. The van der Waals surface area contributed by atoms with Crippen LogP contribution in [0.1, 0.15) is 16.7 Å². The van der Waals surface area contributed by atoms with Gasteiger partial charge in [-0.15, -0.1) is 0 Å². The van der Waals surface area contributed by atoms with Crippen LogP contribution in [0.25, 0.3) is 0 Å². The number of nitrogens with one attached hydrogen (secondary N) is 2. The normalized spacial score (nSPS) is 10.4. The fourth-order valence-corrected chi connectivity index (χ4v) is 2.76. The topological polar surface area (TPSA) is 74.8 Å². The zero-order valence-electron chi connectivity index (χ0n) is 12.2. The molecular formula is C15H17N3O2S. The van der Waals surface area contributed by atoms with Crippen molar-refractivity contribution in [3.63, 3.8) is 0 Å². The summed E-state index contributed by atoms with van der Waals surface area (Å²) in [5.41, 5.74) is 3.87. The van der Waals surface area contributed by atoms with E-state index in [0.29, 0.717) is 5.16 Å². The number of hydrogen-bond acceptors (Lipinski definition) is 4. The van der Waals surface area contributed by atoms with E-state index in [2.05, 4.69) is 15.3 Å². The second kappa shape index (κ2) is 6.58. The number of aromatic amines is 1. The number of benzene rings is 1. The van der Waals surface area contributed by atoms with E-state index in [-0.39, 0.29) is 17.2 Å². The second-order valence-corrected chi connectivity index (χ2v) is 5.81. The first-order valence-corrected chi connectivity index (χ1v) is 7.50. The summed E-state index contributed by atoms with van der Waals surface area (Å²) in [5, 5.41) is 3.35. The highest BCUT2D eigenvalue weighted by atomic mass is 32.2. The number of H-pyrrole nitrogens is 1. The molecule has 1 aromatic heterocycles. The first kappa shape index (κ1) is 15.3. The second-order valence-electron chi connectivity index (χ2n) is 4.85. The number of hydrogen-bond donors (Lipinski definition) is 2. The van der Waals surface area contributed by atoms with Gasteiger partial charge in [0, 0.05) is 18.0 Å². The van der Waals surface area contributed by atoms with E-state index in [1.165, 1.54) is 29.6 Å². The molecule has 110 valence electrons. The molecule has 0 aliphatic carbocycles. The van der Waals surface area contributed by atoms with Crippen LogP contribution < -0.4 is 10.9 Å². The average Bonchev–Trinajstić information content (AvgIpc) is 2.40. The number of carbonyl (C=O) groups excluding carboxylic acids is 1. The van der Waals surface area contributed by atoms with Crippen molar-refractivity contribution in [1.82, 2.24) is 9.97 Å². The zero-order valence-corrected chi connectivity index (χ0v) is 13.0. The van der Waals surface area contributed by atoms with E-state index in [9.17, 15) is 9.59 Å². The van der Waals surface area contributed by atoms with E-state index >= 15 is 0 Å². The van der Waals surface area contributed by atoms with Crippen LogP contribution in [0.2, 0.25) is 0 Å². The van der Waals surface area contributed by atoms with Crippen molar-refractivity contribution >= 4 is 23.4 Å². The number of aromatic nitrogens is 2. The van der Waals surface area contributed by atoms with Gasteiger partial charge in [-0.2, -0.15) is 0 Å². The molecule has 0 bridgehead atoms. The highest BCUT2D eigenvalue weighted by Crippen LogP contribution is 2.22. The third kappa shape index (κ3) is 4.19. The highest BCUT2D eigenvalue weighted by molar-refractivity contribution is 7.99. The molecule has 0 aliphatic rings. The monoisotopic (exact) mass is 303 g/mol. The number of rotatable bonds is 4. The molecule has 0 saturated heterocycles. The Labute approximate surface area is 127 Å². The summed E-state index contributed by atoms with van der Waals surface area (Å²) < 4.78 is 0. The van der Waals surface area contributed by atoms with Gasteiger partial charge in [0.15, 0.2) is 5.16 Å². The molecule has 6 heteroatoms. The molecule has 0 spiro atoms. The average molecular weight is 303 g/mol. The Morgan fingerprint density at radius 2 is 1.95 bits per heavy atom. The minimum Gasteiger partial charge on any atom is -0.325 e. The first-order valence-electron chi connectivity index (χ1n) is 6.51. The van der Waals surface area contributed by atoms with Gasteiger partial charge in [-0.3, -0.25) is 9.59 Å². The van der Waals surface area contributed by atoms with E-state index in [4.69, 9.17) is 0 Å². The zero-order chi connectivity index (χ0) is 15.4.